The second kappa shape index (κ2) is 7.31. The van der Waals surface area contributed by atoms with Gasteiger partial charge in [0.05, 0.1) is 16.9 Å². The van der Waals surface area contributed by atoms with Crippen LogP contribution < -0.4 is 10.9 Å². The topological polar surface area (TPSA) is 76.9 Å². The summed E-state index contributed by atoms with van der Waals surface area (Å²) in [5.41, 5.74) is 1.71. The van der Waals surface area contributed by atoms with Gasteiger partial charge in [0, 0.05) is 31.3 Å². The number of pyridine rings is 1. The molecule has 3 aromatic rings. The molecule has 1 aliphatic carbocycles. The number of fused-ring (bicyclic) bond motifs is 1. The Balaban J connectivity index is 1.51. The van der Waals surface area contributed by atoms with Crippen molar-refractivity contribution in [3.05, 3.63) is 70.5 Å². The molecule has 0 saturated heterocycles. The smallest absolute Gasteiger partial charge is 0.261 e. The predicted octanol–water partition coefficient (Wildman–Crippen LogP) is 2.94. The second-order valence-corrected chi connectivity index (χ2v) is 7.02. The molecule has 2 aromatic heterocycles. The number of aryl methyl sites for hydroxylation is 1. The Morgan fingerprint density at radius 2 is 1.96 bits per heavy atom. The third-order valence-electron chi connectivity index (χ3n) is 4.95. The first kappa shape index (κ1) is 17.4. The fraction of sp³-hybridized carbons (Fsp3) is 0.333. The summed E-state index contributed by atoms with van der Waals surface area (Å²) < 4.78 is 1.79. The fourth-order valence-electron chi connectivity index (χ4n) is 3.35. The van der Waals surface area contributed by atoms with E-state index in [1.165, 1.54) is 0 Å². The molecule has 0 spiro atoms. The number of aromatic nitrogens is 3. The van der Waals surface area contributed by atoms with Gasteiger partial charge in [0.15, 0.2) is 0 Å². The van der Waals surface area contributed by atoms with Crippen molar-refractivity contribution >= 4 is 16.8 Å². The third kappa shape index (κ3) is 3.74. The van der Waals surface area contributed by atoms with Gasteiger partial charge < -0.3 is 5.32 Å². The predicted molar refractivity (Wildman–Crippen MR) is 103 cm³/mol. The Hall–Kier alpha value is -3.02. The van der Waals surface area contributed by atoms with Crippen LogP contribution in [0.5, 0.6) is 0 Å². The summed E-state index contributed by atoms with van der Waals surface area (Å²) >= 11 is 0. The molecule has 1 saturated carbocycles. The molecule has 1 atom stereocenters. The monoisotopic (exact) mass is 362 g/mol. The maximum Gasteiger partial charge on any atom is 0.261 e. The van der Waals surface area contributed by atoms with Crippen molar-refractivity contribution in [3.8, 4) is 0 Å². The molecular formula is C21H22N4O2. The zero-order valence-electron chi connectivity index (χ0n) is 15.3. The molecule has 0 unspecified atom stereocenters. The van der Waals surface area contributed by atoms with E-state index in [9.17, 15) is 9.59 Å². The molecule has 1 amide bonds. The molecule has 0 radical (unpaired) electrons. The largest absolute Gasteiger partial charge is 0.350 e. The van der Waals surface area contributed by atoms with Gasteiger partial charge in [-0.25, -0.2) is 4.98 Å². The van der Waals surface area contributed by atoms with Crippen LogP contribution in [0.3, 0.4) is 0 Å². The maximum atomic E-state index is 12.9. The summed E-state index contributed by atoms with van der Waals surface area (Å²) in [5.74, 6) is 0.650. The number of nitrogens with one attached hydrogen (secondary N) is 1. The van der Waals surface area contributed by atoms with Crippen molar-refractivity contribution in [2.75, 3.05) is 0 Å². The molecule has 6 heteroatoms. The van der Waals surface area contributed by atoms with Crippen LogP contribution >= 0.6 is 0 Å². The number of carbonyl (C=O) groups is 1. The lowest BCUT2D eigenvalue weighted by Gasteiger charge is -2.15. The lowest BCUT2D eigenvalue weighted by molar-refractivity contribution is -0.121. The number of benzene rings is 1. The van der Waals surface area contributed by atoms with E-state index in [0.29, 0.717) is 29.6 Å². The highest BCUT2D eigenvalue weighted by Crippen LogP contribution is 2.34. The summed E-state index contributed by atoms with van der Waals surface area (Å²) in [4.78, 5) is 33.9. The Morgan fingerprint density at radius 1 is 1.22 bits per heavy atom. The van der Waals surface area contributed by atoms with Gasteiger partial charge in [-0.3, -0.25) is 19.1 Å². The lowest BCUT2D eigenvalue weighted by atomic mass is 10.1. The Labute approximate surface area is 157 Å². The van der Waals surface area contributed by atoms with Crippen molar-refractivity contribution in [3.63, 3.8) is 0 Å². The standard InChI is InChI=1S/C21H22N4O2/c1-14(15-10-12-22-13-11-15)23-20(26)9-8-19-24-18-5-3-2-4-17(18)21(27)25(19)16-6-7-16/h2-5,10-14,16H,6-9H2,1H3,(H,23,26)/t14-/m0/s1. The van der Waals surface area contributed by atoms with Gasteiger partial charge in [0.1, 0.15) is 5.82 Å². The van der Waals surface area contributed by atoms with E-state index in [1.54, 1.807) is 17.0 Å². The number of hydrogen-bond acceptors (Lipinski definition) is 4. The molecule has 0 aliphatic heterocycles. The first-order chi connectivity index (χ1) is 13.1. The van der Waals surface area contributed by atoms with Crippen LogP contribution in [0.25, 0.3) is 10.9 Å². The van der Waals surface area contributed by atoms with Gasteiger partial charge in [-0.2, -0.15) is 0 Å². The van der Waals surface area contributed by atoms with E-state index in [1.807, 2.05) is 43.3 Å². The van der Waals surface area contributed by atoms with Gasteiger partial charge in [0.25, 0.3) is 5.56 Å². The van der Waals surface area contributed by atoms with Crippen molar-refractivity contribution in [1.82, 2.24) is 19.9 Å². The average Bonchev–Trinajstić information content (AvgIpc) is 3.52. The van der Waals surface area contributed by atoms with Crippen molar-refractivity contribution in [2.45, 2.75) is 44.7 Å². The maximum absolute atomic E-state index is 12.9. The minimum Gasteiger partial charge on any atom is -0.350 e. The molecule has 1 aromatic carbocycles. The summed E-state index contributed by atoms with van der Waals surface area (Å²) in [6.45, 7) is 1.95. The lowest BCUT2D eigenvalue weighted by Crippen LogP contribution is -2.29. The summed E-state index contributed by atoms with van der Waals surface area (Å²) in [7, 11) is 0. The molecule has 138 valence electrons. The zero-order valence-corrected chi connectivity index (χ0v) is 15.3. The van der Waals surface area contributed by atoms with Crippen LogP contribution in [-0.4, -0.2) is 20.4 Å². The van der Waals surface area contributed by atoms with Gasteiger partial charge in [0.2, 0.25) is 5.91 Å². The quantitative estimate of drug-likeness (QED) is 0.731. The Bertz CT molecular complexity index is 1030. The molecular weight excluding hydrogens is 340 g/mol. The summed E-state index contributed by atoms with van der Waals surface area (Å²) in [5, 5.41) is 3.64. The number of amides is 1. The Morgan fingerprint density at radius 3 is 2.70 bits per heavy atom. The van der Waals surface area contributed by atoms with E-state index in [0.717, 1.165) is 18.4 Å². The van der Waals surface area contributed by atoms with Gasteiger partial charge in [-0.1, -0.05) is 12.1 Å². The zero-order chi connectivity index (χ0) is 18.8. The second-order valence-electron chi connectivity index (χ2n) is 7.02. The van der Waals surface area contributed by atoms with Gasteiger partial charge in [-0.15, -0.1) is 0 Å². The minimum atomic E-state index is -0.0873. The number of carbonyl (C=O) groups excluding carboxylic acids is 1. The normalized spacial score (nSPS) is 14.9. The van der Waals surface area contributed by atoms with E-state index in [-0.39, 0.29) is 23.6 Å². The molecule has 0 bridgehead atoms. The minimum absolute atomic E-state index is 0.00339. The Kier molecular flexibility index (Phi) is 4.71. The van der Waals surface area contributed by atoms with E-state index in [4.69, 9.17) is 0 Å². The fourth-order valence-corrected chi connectivity index (χ4v) is 3.35. The van der Waals surface area contributed by atoms with Gasteiger partial charge >= 0.3 is 0 Å². The number of rotatable bonds is 6. The van der Waals surface area contributed by atoms with Crippen molar-refractivity contribution in [1.29, 1.82) is 0 Å². The first-order valence-corrected chi connectivity index (χ1v) is 9.33. The average molecular weight is 362 g/mol. The molecule has 1 fully saturated rings. The highest BCUT2D eigenvalue weighted by Gasteiger charge is 2.28. The molecule has 6 nitrogen and oxygen atoms in total. The SMILES string of the molecule is C[C@H](NC(=O)CCc1nc2ccccc2c(=O)n1C1CC1)c1ccncc1. The summed E-state index contributed by atoms with van der Waals surface area (Å²) in [6.07, 6.45) is 6.17. The highest BCUT2D eigenvalue weighted by molar-refractivity contribution is 5.78. The molecule has 1 N–H and O–H groups in total. The van der Waals surface area contributed by atoms with Crippen LogP contribution in [0.15, 0.2) is 53.6 Å². The van der Waals surface area contributed by atoms with E-state index in [2.05, 4.69) is 15.3 Å². The summed E-state index contributed by atoms with van der Waals surface area (Å²) in [6, 6.07) is 11.3. The van der Waals surface area contributed by atoms with E-state index < -0.39 is 0 Å². The van der Waals surface area contributed by atoms with E-state index >= 15 is 0 Å². The molecule has 4 rings (SSSR count). The van der Waals surface area contributed by atoms with Crippen LogP contribution in [0.4, 0.5) is 0 Å². The third-order valence-corrected chi connectivity index (χ3v) is 4.95. The molecule has 27 heavy (non-hydrogen) atoms. The number of nitrogens with zero attached hydrogens (tertiary/aromatic N) is 3. The number of hydrogen-bond donors (Lipinski definition) is 1. The highest BCUT2D eigenvalue weighted by atomic mass is 16.1. The van der Waals surface area contributed by atoms with Crippen LogP contribution in [-0.2, 0) is 11.2 Å². The molecule has 2 heterocycles. The van der Waals surface area contributed by atoms with Crippen molar-refractivity contribution < 1.29 is 4.79 Å². The molecule has 1 aliphatic rings. The first-order valence-electron chi connectivity index (χ1n) is 9.33. The van der Waals surface area contributed by atoms with Gasteiger partial charge in [-0.05, 0) is 49.6 Å². The van der Waals surface area contributed by atoms with Crippen LogP contribution in [0.1, 0.15) is 49.7 Å². The number of para-hydroxylation sites is 1. The van der Waals surface area contributed by atoms with Crippen LogP contribution in [0.2, 0.25) is 0 Å². The van der Waals surface area contributed by atoms with Crippen LogP contribution in [0, 0.1) is 0 Å². The van der Waals surface area contributed by atoms with Crippen molar-refractivity contribution in [2.24, 2.45) is 0 Å².